The molecule has 0 fully saturated rings. The van der Waals surface area contributed by atoms with Crippen LogP contribution in [0.5, 0.6) is 0 Å². The van der Waals surface area contributed by atoms with Crippen molar-refractivity contribution < 1.29 is 21.6 Å². The summed E-state index contributed by atoms with van der Waals surface area (Å²) in [6, 6.07) is 5.75. The number of hydrogen-bond donors (Lipinski definition) is 1. The number of halogens is 3. The number of nitrogens with one attached hydrogen (secondary N) is 1. The third kappa shape index (κ3) is 3.08. The highest BCUT2D eigenvalue weighted by Gasteiger charge is 2.29. The standard InChI is InChI=1S/C16H13F3N4O2S/c1-20-8-10-9-23(26(24,25)13-6-2-5-12(17)22-13)15(14(10)18)11-4-3-7-21-16(11)19/h2-7,9,20H,8H2,1H3. The molecule has 3 rings (SSSR count). The van der Waals surface area contributed by atoms with Gasteiger partial charge in [0.2, 0.25) is 11.9 Å². The largest absolute Gasteiger partial charge is 0.316 e. The van der Waals surface area contributed by atoms with Gasteiger partial charge in [0, 0.05) is 24.5 Å². The minimum atomic E-state index is -4.47. The van der Waals surface area contributed by atoms with Crippen LogP contribution in [-0.2, 0) is 16.6 Å². The third-order valence-electron chi connectivity index (χ3n) is 3.58. The van der Waals surface area contributed by atoms with E-state index < -0.39 is 38.5 Å². The third-order valence-corrected chi connectivity index (χ3v) is 5.14. The maximum absolute atomic E-state index is 14.9. The average Bonchev–Trinajstić information content (AvgIpc) is 2.93. The molecule has 136 valence electrons. The van der Waals surface area contributed by atoms with Gasteiger partial charge in [-0.25, -0.2) is 18.3 Å². The van der Waals surface area contributed by atoms with Crippen LogP contribution in [0.2, 0.25) is 0 Å². The molecule has 0 atom stereocenters. The van der Waals surface area contributed by atoms with Crippen LogP contribution < -0.4 is 5.32 Å². The smallest absolute Gasteiger partial charge is 0.285 e. The van der Waals surface area contributed by atoms with Gasteiger partial charge < -0.3 is 5.32 Å². The van der Waals surface area contributed by atoms with Gasteiger partial charge in [0.05, 0.1) is 5.56 Å². The van der Waals surface area contributed by atoms with E-state index in [0.29, 0.717) is 3.97 Å². The Balaban J connectivity index is 2.31. The maximum Gasteiger partial charge on any atom is 0.285 e. The van der Waals surface area contributed by atoms with Gasteiger partial charge in [-0.2, -0.15) is 17.2 Å². The molecule has 10 heteroatoms. The highest BCUT2D eigenvalue weighted by molar-refractivity contribution is 7.90. The van der Waals surface area contributed by atoms with Crippen LogP contribution in [0.1, 0.15) is 5.56 Å². The predicted molar refractivity (Wildman–Crippen MR) is 87.1 cm³/mol. The summed E-state index contributed by atoms with van der Waals surface area (Å²) in [5.41, 5.74) is -0.884. The molecular formula is C16H13F3N4O2S. The van der Waals surface area contributed by atoms with Crippen LogP contribution in [0.15, 0.2) is 47.8 Å². The molecule has 0 saturated heterocycles. The molecule has 0 saturated carbocycles. The van der Waals surface area contributed by atoms with Crippen molar-refractivity contribution in [1.82, 2.24) is 19.3 Å². The van der Waals surface area contributed by atoms with Crippen LogP contribution in [0.25, 0.3) is 11.3 Å². The van der Waals surface area contributed by atoms with Crippen molar-refractivity contribution in [2.45, 2.75) is 11.6 Å². The molecule has 26 heavy (non-hydrogen) atoms. The fourth-order valence-electron chi connectivity index (χ4n) is 2.45. The molecule has 0 bridgehead atoms. The molecule has 0 aliphatic rings. The Bertz CT molecular complexity index is 1070. The zero-order valence-electron chi connectivity index (χ0n) is 13.4. The van der Waals surface area contributed by atoms with Crippen molar-refractivity contribution in [3.8, 4) is 11.3 Å². The SMILES string of the molecule is CNCc1cn(S(=O)(=O)c2cccc(F)n2)c(-c2cccnc2F)c1F. The molecule has 3 aromatic rings. The van der Waals surface area contributed by atoms with Gasteiger partial charge in [-0.3, -0.25) is 0 Å². The second kappa shape index (κ2) is 6.89. The van der Waals surface area contributed by atoms with Crippen LogP contribution in [0.4, 0.5) is 13.2 Å². The van der Waals surface area contributed by atoms with E-state index >= 15 is 0 Å². The molecule has 0 amide bonds. The first-order valence-corrected chi connectivity index (χ1v) is 8.83. The summed E-state index contributed by atoms with van der Waals surface area (Å²) < 4.78 is 68.6. The number of nitrogens with zero attached hydrogens (tertiary/aromatic N) is 3. The van der Waals surface area contributed by atoms with Crippen molar-refractivity contribution in [1.29, 1.82) is 0 Å². The van der Waals surface area contributed by atoms with Gasteiger partial charge in [-0.05, 0) is 31.3 Å². The van der Waals surface area contributed by atoms with Crippen molar-refractivity contribution in [2.75, 3.05) is 7.05 Å². The van der Waals surface area contributed by atoms with E-state index in [0.717, 1.165) is 30.6 Å². The molecule has 3 heterocycles. The van der Waals surface area contributed by atoms with E-state index in [1.807, 2.05) is 0 Å². The average molecular weight is 382 g/mol. The van der Waals surface area contributed by atoms with Crippen molar-refractivity contribution in [2.24, 2.45) is 0 Å². The maximum atomic E-state index is 14.9. The fourth-order valence-corrected chi connectivity index (χ4v) is 3.79. The van der Waals surface area contributed by atoms with E-state index in [1.54, 1.807) is 7.05 Å². The Morgan fingerprint density at radius 2 is 1.92 bits per heavy atom. The first-order valence-electron chi connectivity index (χ1n) is 7.39. The lowest BCUT2D eigenvalue weighted by atomic mass is 10.2. The fraction of sp³-hybridized carbons (Fsp3) is 0.125. The normalized spacial score (nSPS) is 11.7. The van der Waals surface area contributed by atoms with Crippen LogP contribution >= 0.6 is 0 Å². The summed E-state index contributed by atoms with van der Waals surface area (Å²) in [6.07, 6.45) is 2.16. The zero-order chi connectivity index (χ0) is 18.9. The Kier molecular flexibility index (Phi) is 4.79. The Morgan fingerprint density at radius 3 is 2.58 bits per heavy atom. The number of pyridine rings is 2. The highest BCUT2D eigenvalue weighted by atomic mass is 32.2. The lowest BCUT2D eigenvalue weighted by molar-refractivity contribution is 0.552. The first-order chi connectivity index (χ1) is 12.4. The molecular weight excluding hydrogens is 369 g/mol. The Morgan fingerprint density at radius 1 is 1.15 bits per heavy atom. The number of rotatable bonds is 5. The zero-order valence-corrected chi connectivity index (χ0v) is 14.3. The molecule has 6 nitrogen and oxygen atoms in total. The second-order valence-electron chi connectivity index (χ2n) is 5.29. The lowest BCUT2D eigenvalue weighted by Crippen LogP contribution is -2.16. The summed E-state index contributed by atoms with van der Waals surface area (Å²) in [5.74, 6) is -2.97. The molecule has 0 aliphatic carbocycles. The first kappa shape index (κ1) is 18.1. The molecule has 0 unspecified atom stereocenters. The summed E-state index contributed by atoms with van der Waals surface area (Å²) in [4.78, 5) is 6.77. The van der Waals surface area contributed by atoms with Gasteiger partial charge in [0.15, 0.2) is 10.8 Å². The van der Waals surface area contributed by atoms with E-state index in [9.17, 15) is 21.6 Å². The van der Waals surface area contributed by atoms with Crippen LogP contribution in [-0.4, -0.2) is 29.4 Å². The highest BCUT2D eigenvalue weighted by Crippen LogP contribution is 2.31. The number of aromatic nitrogens is 3. The Labute approximate surface area is 147 Å². The van der Waals surface area contributed by atoms with Gasteiger partial charge in [-0.1, -0.05) is 6.07 Å². The molecule has 3 aromatic heterocycles. The minimum absolute atomic E-state index is 0.000185. The van der Waals surface area contributed by atoms with Gasteiger partial charge >= 0.3 is 0 Å². The lowest BCUT2D eigenvalue weighted by Gasteiger charge is -2.10. The minimum Gasteiger partial charge on any atom is -0.316 e. The monoisotopic (exact) mass is 382 g/mol. The quantitative estimate of drug-likeness (QED) is 0.686. The van der Waals surface area contributed by atoms with Crippen molar-refractivity contribution in [3.05, 3.63) is 66.0 Å². The predicted octanol–water partition coefficient (Wildman–Crippen LogP) is 2.32. The summed E-state index contributed by atoms with van der Waals surface area (Å²) in [6.45, 7) is -0.000185. The summed E-state index contributed by atoms with van der Waals surface area (Å²) in [7, 11) is -2.93. The van der Waals surface area contributed by atoms with Crippen molar-refractivity contribution >= 4 is 10.0 Å². The van der Waals surface area contributed by atoms with Gasteiger partial charge in [-0.15, -0.1) is 0 Å². The molecule has 0 spiro atoms. The van der Waals surface area contributed by atoms with E-state index in [4.69, 9.17) is 0 Å². The second-order valence-corrected chi connectivity index (χ2v) is 7.05. The Hall–Kier alpha value is -2.72. The van der Waals surface area contributed by atoms with E-state index in [2.05, 4.69) is 15.3 Å². The summed E-state index contributed by atoms with van der Waals surface area (Å²) in [5, 5.41) is 2.07. The van der Waals surface area contributed by atoms with Crippen LogP contribution in [0, 0.1) is 17.7 Å². The molecule has 1 N–H and O–H groups in total. The van der Waals surface area contributed by atoms with E-state index in [-0.39, 0.29) is 17.7 Å². The van der Waals surface area contributed by atoms with Crippen molar-refractivity contribution in [3.63, 3.8) is 0 Å². The topological polar surface area (TPSA) is 76.9 Å². The summed E-state index contributed by atoms with van der Waals surface area (Å²) >= 11 is 0. The molecule has 0 radical (unpaired) electrons. The van der Waals surface area contributed by atoms with Gasteiger partial charge in [0.25, 0.3) is 10.0 Å². The molecule has 0 aromatic carbocycles. The molecule has 0 aliphatic heterocycles. The van der Waals surface area contributed by atoms with Gasteiger partial charge in [0.1, 0.15) is 5.69 Å². The van der Waals surface area contributed by atoms with Crippen LogP contribution in [0.3, 0.4) is 0 Å². The van der Waals surface area contributed by atoms with E-state index in [1.165, 1.54) is 12.1 Å². The number of hydrogen-bond acceptors (Lipinski definition) is 5.